The van der Waals surface area contributed by atoms with Crippen LogP contribution in [0.5, 0.6) is 0 Å². The van der Waals surface area contributed by atoms with Crippen molar-refractivity contribution in [2.45, 2.75) is 247 Å². The molecule has 20 nitrogen and oxygen atoms in total. The number of aliphatic hydroxyl groups excluding tert-OH is 10. The molecule has 10 aliphatic rings. The van der Waals surface area contributed by atoms with Gasteiger partial charge in [0.2, 0.25) is 0 Å². The molecule has 0 aromatic rings. The smallest absolute Gasteiger partial charge is 0.187 e. The standard InChI is InChI=1S/C51H82O20/c1-20-10-15-51(62-19-20)21(2)32-30(71-51)17-29-27-9-8-25-16-26(11-13-49(25,6)28(27)12-14-50(29,32)7)66-48-44(70-46-39(59)36(56)34(54)23(4)64-46)41(61)43(31(18-52)67-48)69-47-40(60)37(57)42(24(5)65-47)68-45-38(58)35(55)33(53)22(3)63-45/h8,20-24,26-48,52-61H,9-19H2,1-7H3/t20?,21?,22?,23?,24?,26?,27?,28?,29?,30?,31?,32?,33?,34?,35?,36?,37?,38?,39?,40?,41?,42?,43?,44?,45?,46?,47?,48?,49-,50-,51+/m0/s1. The van der Waals surface area contributed by atoms with Crippen LogP contribution in [0.25, 0.3) is 0 Å². The minimum atomic E-state index is -1.85. The molecule has 1 spiro atoms. The molecule has 6 aliphatic heterocycles. The van der Waals surface area contributed by atoms with Gasteiger partial charge in [-0.1, -0.05) is 39.3 Å². The Balaban J connectivity index is 0.836. The van der Waals surface area contributed by atoms with Gasteiger partial charge in [-0.15, -0.1) is 0 Å². The number of ether oxygens (including phenoxy) is 10. The quantitative estimate of drug-likeness (QED) is 0.137. The molecule has 0 radical (unpaired) electrons. The highest BCUT2D eigenvalue weighted by Crippen LogP contribution is 2.71. The maximum atomic E-state index is 12.2. The molecule has 0 bridgehead atoms. The zero-order chi connectivity index (χ0) is 50.8. The first-order chi connectivity index (χ1) is 33.6. The highest BCUT2D eigenvalue weighted by molar-refractivity contribution is 5.26. The fourth-order valence-electron chi connectivity index (χ4n) is 15.4. The van der Waals surface area contributed by atoms with Crippen molar-refractivity contribution in [1.29, 1.82) is 0 Å². The molecule has 6 heterocycles. The van der Waals surface area contributed by atoms with Crippen molar-refractivity contribution >= 4 is 0 Å². The van der Waals surface area contributed by atoms with Gasteiger partial charge in [-0.3, -0.25) is 0 Å². The Hall–Kier alpha value is -1.06. The third kappa shape index (κ3) is 9.03. The van der Waals surface area contributed by atoms with E-state index in [1.807, 2.05) is 0 Å². The number of aliphatic hydroxyl groups is 10. The van der Waals surface area contributed by atoms with E-state index < -0.39 is 141 Å². The fourth-order valence-corrected chi connectivity index (χ4v) is 15.4. The second-order valence-electron chi connectivity index (χ2n) is 23.8. The lowest BCUT2D eigenvalue weighted by Gasteiger charge is -2.59. The lowest BCUT2D eigenvalue weighted by atomic mass is 9.47. The first-order valence-electron chi connectivity index (χ1n) is 26.6. The van der Waals surface area contributed by atoms with Gasteiger partial charge in [0.1, 0.15) is 79.4 Å². The van der Waals surface area contributed by atoms with Crippen molar-refractivity contribution in [2.75, 3.05) is 13.2 Å². The van der Waals surface area contributed by atoms with Gasteiger partial charge < -0.3 is 98.4 Å². The van der Waals surface area contributed by atoms with Crippen LogP contribution in [-0.2, 0) is 47.4 Å². The van der Waals surface area contributed by atoms with Crippen LogP contribution in [0.4, 0.5) is 0 Å². The van der Waals surface area contributed by atoms with E-state index in [2.05, 4.69) is 33.8 Å². The zero-order valence-corrected chi connectivity index (χ0v) is 42.1. The van der Waals surface area contributed by atoms with Crippen LogP contribution in [-0.4, -0.2) is 205 Å². The summed E-state index contributed by atoms with van der Waals surface area (Å²) in [4.78, 5) is 0. The maximum absolute atomic E-state index is 12.2. The summed E-state index contributed by atoms with van der Waals surface area (Å²) in [5, 5.41) is 109. The van der Waals surface area contributed by atoms with Gasteiger partial charge in [-0.2, -0.15) is 0 Å². The third-order valence-electron chi connectivity index (χ3n) is 19.7. The second-order valence-corrected chi connectivity index (χ2v) is 23.8. The number of hydrogen-bond acceptors (Lipinski definition) is 20. The van der Waals surface area contributed by atoms with Crippen LogP contribution in [0.15, 0.2) is 11.6 Å². The summed E-state index contributed by atoms with van der Waals surface area (Å²) in [7, 11) is 0. The maximum Gasteiger partial charge on any atom is 0.187 e. The molecule has 406 valence electrons. The van der Waals surface area contributed by atoms with E-state index in [1.165, 1.54) is 26.3 Å². The van der Waals surface area contributed by atoms with Gasteiger partial charge in [0.25, 0.3) is 0 Å². The molecule has 31 atom stereocenters. The summed E-state index contributed by atoms with van der Waals surface area (Å²) in [5.41, 5.74) is 1.44. The largest absolute Gasteiger partial charge is 0.394 e. The second kappa shape index (κ2) is 20.1. The van der Waals surface area contributed by atoms with Crippen molar-refractivity contribution in [3.63, 3.8) is 0 Å². The molecule has 0 aromatic carbocycles. The van der Waals surface area contributed by atoms with Crippen LogP contribution < -0.4 is 0 Å². The monoisotopic (exact) mass is 1010 g/mol. The lowest BCUT2D eigenvalue weighted by Crippen LogP contribution is -2.67. The van der Waals surface area contributed by atoms with Crippen LogP contribution >= 0.6 is 0 Å². The lowest BCUT2D eigenvalue weighted by molar-refractivity contribution is -0.394. The first kappa shape index (κ1) is 53.3. The zero-order valence-electron chi connectivity index (χ0n) is 42.1. The molecule has 71 heavy (non-hydrogen) atoms. The van der Waals surface area contributed by atoms with E-state index in [-0.39, 0.29) is 16.9 Å². The van der Waals surface area contributed by atoms with Gasteiger partial charge in [-0.05, 0) is 113 Å². The minimum absolute atomic E-state index is 0.0569. The summed E-state index contributed by atoms with van der Waals surface area (Å²) >= 11 is 0. The van der Waals surface area contributed by atoms with Crippen molar-refractivity contribution in [3.05, 3.63) is 11.6 Å². The van der Waals surface area contributed by atoms with E-state index in [0.29, 0.717) is 48.3 Å². The molecule has 3 saturated carbocycles. The fraction of sp³-hybridized carbons (Fsp3) is 0.961. The normalized spacial score (nSPS) is 58.4. The van der Waals surface area contributed by atoms with Crippen molar-refractivity contribution in [2.24, 2.45) is 46.3 Å². The summed E-state index contributed by atoms with van der Waals surface area (Å²) < 4.78 is 62.2. The highest BCUT2D eigenvalue weighted by Gasteiger charge is 2.69. The molecule has 10 rings (SSSR count). The van der Waals surface area contributed by atoms with E-state index in [4.69, 9.17) is 47.4 Å². The molecule has 4 aliphatic carbocycles. The van der Waals surface area contributed by atoms with Crippen LogP contribution in [0.3, 0.4) is 0 Å². The number of allylic oxidation sites excluding steroid dienone is 1. The summed E-state index contributed by atoms with van der Waals surface area (Å²) in [5.74, 6) is 2.46. The third-order valence-corrected chi connectivity index (χ3v) is 19.7. The summed E-state index contributed by atoms with van der Waals surface area (Å²) in [6.45, 7) is 14.1. The number of hydrogen-bond donors (Lipinski definition) is 10. The van der Waals surface area contributed by atoms with E-state index in [0.717, 1.165) is 51.6 Å². The molecule has 10 N–H and O–H groups in total. The van der Waals surface area contributed by atoms with E-state index in [9.17, 15) is 51.1 Å². The Morgan fingerprint density at radius 1 is 0.592 bits per heavy atom. The first-order valence-corrected chi connectivity index (χ1v) is 26.6. The molecule has 0 amide bonds. The molecular weight excluding hydrogens is 933 g/mol. The van der Waals surface area contributed by atoms with E-state index in [1.54, 1.807) is 0 Å². The Labute approximate surface area is 415 Å². The summed E-state index contributed by atoms with van der Waals surface area (Å²) in [6.07, 6.45) is -19.0. The SMILES string of the molecule is CC1CC[C@@]2(OC1)OC1CC3C4CC=C5CC(OC6OC(CO)C(OC7OC(C)C(OC8OC(C)C(O)C(O)C8O)C(O)C7O)C(O)C6OC6OC(C)C(O)C(O)C6O)CC[C@]5(C)C4CC[C@]3(C)C1C2C. The molecule has 9 fully saturated rings. The predicted octanol–water partition coefficient (Wildman–Crippen LogP) is 0.0935. The van der Waals surface area contributed by atoms with Gasteiger partial charge in [0.15, 0.2) is 30.9 Å². The Bertz CT molecular complexity index is 1890. The number of rotatable bonds is 9. The highest BCUT2D eigenvalue weighted by atomic mass is 16.8. The van der Waals surface area contributed by atoms with E-state index >= 15 is 0 Å². The van der Waals surface area contributed by atoms with Gasteiger partial charge in [-0.25, -0.2) is 0 Å². The Morgan fingerprint density at radius 2 is 1.20 bits per heavy atom. The van der Waals surface area contributed by atoms with Gasteiger partial charge >= 0.3 is 0 Å². The number of fused-ring (bicyclic) bond motifs is 7. The molecular formula is C51H82O20. The molecule has 20 heteroatoms. The average molecular weight is 1020 g/mol. The topological polar surface area (TPSA) is 295 Å². The van der Waals surface area contributed by atoms with Gasteiger partial charge in [0, 0.05) is 12.3 Å². The minimum Gasteiger partial charge on any atom is -0.394 e. The van der Waals surface area contributed by atoms with Crippen molar-refractivity contribution in [1.82, 2.24) is 0 Å². The Kier molecular flexibility index (Phi) is 15.1. The molecule has 0 aromatic heterocycles. The van der Waals surface area contributed by atoms with Crippen LogP contribution in [0.1, 0.15) is 106 Å². The predicted molar refractivity (Wildman–Crippen MR) is 244 cm³/mol. The van der Waals surface area contributed by atoms with Crippen LogP contribution in [0.2, 0.25) is 0 Å². The van der Waals surface area contributed by atoms with Crippen LogP contribution in [0, 0.1) is 46.3 Å². The van der Waals surface area contributed by atoms with Crippen molar-refractivity contribution < 1.29 is 98.4 Å². The Morgan fingerprint density at radius 3 is 1.82 bits per heavy atom. The molecule has 6 saturated heterocycles. The van der Waals surface area contributed by atoms with Crippen molar-refractivity contribution in [3.8, 4) is 0 Å². The van der Waals surface area contributed by atoms with Gasteiger partial charge in [0.05, 0.1) is 43.7 Å². The molecule has 28 unspecified atom stereocenters. The average Bonchev–Trinajstić information content (AvgIpc) is 3.79. The summed E-state index contributed by atoms with van der Waals surface area (Å²) in [6, 6.07) is 0.